The van der Waals surface area contributed by atoms with Gasteiger partial charge >= 0.3 is 0 Å². The number of benzene rings is 2. The van der Waals surface area contributed by atoms with Crippen molar-refractivity contribution >= 4 is 5.91 Å². The number of amides is 1. The molecule has 2 aromatic rings. The summed E-state index contributed by atoms with van der Waals surface area (Å²) in [5, 5.41) is 0. The summed E-state index contributed by atoms with van der Waals surface area (Å²) in [6, 6.07) is 20.9. The largest absolute Gasteiger partial charge is 0.359 e. The Balaban J connectivity index is 1.32. The zero-order chi connectivity index (χ0) is 20.8. The molecule has 30 heavy (non-hydrogen) atoms. The highest BCUT2D eigenvalue weighted by Gasteiger charge is 2.28. The lowest BCUT2D eigenvalue weighted by Crippen LogP contribution is -2.55. The van der Waals surface area contributed by atoms with Gasteiger partial charge in [0.15, 0.2) is 0 Å². The summed E-state index contributed by atoms with van der Waals surface area (Å²) in [7, 11) is 2.21. The summed E-state index contributed by atoms with van der Waals surface area (Å²) in [5.41, 5.74) is 2.14. The van der Waals surface area contributed by atoms with Gasteiger partial charge in [0.05, 0.1) is 0 Å². The van der Waals surface area contributed by atoms with Crippen LogP contribution in [0.25, 0.3) is 0 Å². The highest BCUT2D eigenvalue weighted by molar-refractivity contribution is 5.77. The maximum atomic E-state index is 12.9. The minimum absolute atomic E-state index is 0.0901. The van der Waals surface area contributed by atoms with Crippen LogP contribution >= 0.6 is 0 Å². The van der Waals surface area contributed by atoms with E-state index in [0.717, 1.165) is 43.9 Å². The molecule has 160 valence electrons. The number of likely N-dealkylation sites (tertiary alicyclic amines) is 1. The van der Waals surface area contributed by atoms with Crippen LogP contribution in [-0.4, -0.2) is 79.6 Å². The molecule has 0 bridgehead atoms. The van der Waals surface area contributed by atoms with E-state index >= 15 is 0 Å². The number of rotatable bonds is 6. The van der Waals surface area contributed by atoms with Crippen molar-refractivity contribution in [3.63, 3.8) is 0 Å². The molecular weight excluding hydrogens is 374 g/mol. The summed E-state index contributed by atoms with van der Waals surface area (Å²) in [6.07, 6.45) is 2.32. The Hall–Kier alpha value is -2.21. The van der Waals surface area contributed by atoms with Crippen molar-refractivity contribution in [3.8, 4) is 0 Å². The molecule has 0 spiro atoms. The van der Waals surface area contributed by atoms with Gasteiger partial charge in [-0.2, -0.15) is 0 Å². The molecule has 0 aliphatic carbocycles. The highest BCUT2D eigenvalue weighted by atomic mass is 16.5. The second kappa shape index (κ2) is 10.2. The third-order valence-corrected chi connectivity index (χ3v) is 6.36. The Morgan fingerprint density at radius 3 is 2.10 bits per heavy atom. The number of piperazine rings is 1. The van der Waals surface area contributed by atoms with Crippen LogP contribution in [-0.2, 0) is 9.53 Å². The molecule has 2 aliphatic heterocycles. The first-order valence-electron chi connectivity index (χ1n) is 11.1. The van der Waals surface area contributed by atoms with Gasteiger partial charge in [-0.1, -0.05) is 60.7 Å². The van der Waals surface area contributed by atoms with Gasteiger partial charge in [0.1, 0.15) is 12.7 Å². The second-order valence-corrected chi connectivity index (χ2v) is 8.49. The minimum atomic E-state index is -0.226. The lowest BCUT2D eigenvalue weighted by Gasteiger charge is -2.42. The van der Waals surface area contributed by atoms with Crippen molar-refractivity contribution in [2.75, 3.05) is 52.9 Å². The smallest absolute Gasteiger partial charge is 0.248 e. The first-order chi connectivity index (χ1) is 14.7. The fourth-order valence-electron chi connectivity index (χ4n) is 4.66. The van der Waals surface area contributed by atoms with Gasteiger partial charge in [0, 0.05) is 38.8 Å². The molecule has 2 saturated heterocycles. The number of nitrogens with zero attached hydrogens (tertiary/aromatic N) is 3. The molecule has 0 aromatic heterocycles. The van der Waals surface area contributed by atoms with E-state index in [-0.39, 0.29) is 18.6 Å². The van der Waals surface area contributed by atoms with Gasteiger partial charge in [-0.05, 0) is 37.6 Å². The van der Waals surface area contributed by atoms with Crippen molar-refractivity contribution in [3.05, 3.63) is 71.8 Å². The zero-order valence-electron chi connectivity index (χ0n) is 18.0. The van der Waals surface area contributed by atoms with Crippen LogP contribution in [0.4, 0.5) is 0 Å². The lowest BCUT2D eigenvalue weighted by molar-refractivity contribution is -0.139. The number of hydrogen-bond donors (Lipinski definition) is 0. The standard InChI is InChI=1S/C25H33N3O2/c1-26-14-8-13-23(19-26)27-15-17-28(18-16-27)24(29)20-30-25(21-9-4-2-5-10-21)22-11-6-3-7-12-22/h2-7,9-12,23,25H,8,13-20H2,1H3. The third-order valence-electron chi connectivity index (χ3n) is 6.36. The van der Waals surface area contributed by atoms with E-state index in [1.165, 1.54) is 19.4 Å². The van der Waals surface area contributed by atoms with Crippen molar-refractivity contribution in [2.45, 2.75) is 25.0 Å². The number of ether oxygens (including phenoxy) is 1. The monoisotopic (exact) mass is 407 g/mol. The summed E-state index contributed by atoms with van der Waals surface area (Å²) >= 11 is 0. The molecule has 2 fully saturated rings. The number of hydrogen-bond acceptors (Lipinski definition) is 4. The molecule has 2 aromatic carbocycles. The topological polar surface area (TPSA) is 36.0 Å². The molecule has 1 unspecified atom stereocenters. The molecule has 0 saturated carbocycles. The van der Waals surface area contributed by atoms with E-state index < -0.39 is 0 Å². The average molecular weight is 408 g/mol. The molecular formula is C25H33N3O2. The van der Waals surface area contributed by atoms with E-state index in [0.29, 0.717) is 6.04 Å². The van der Waals surface area contributed by atoms with Crippen molar-refractivity contribution in [2.24, 2.45) is 0 Å². The number of piperidine rings is 1. The number of carbonyl (C=O) groups excluding carboxylic acids is 1. The van der Waals surface area contributed by atoms with Gasteiger partial charge in [0.25, 0.3) is 0 Å². The van der Waals surface area contributed by atoms with Crippen LogP contribution in [0.15, 0.2) is 60.7 Å². The van der Waals surface area contributed by atoms with Crippen LogP contribution < -0.4 is 0 Å². The average Bonchev–Trinajstić information content (AvgIpc) is 2.81. The number of carbonyl (C=O) groups is 1. The van der Waals surface area contributed by atoms with Crippen LogP contribution in [0.5, 0.6) is 0 Å². The number of likely N-dealkylation sites (N-methyl/N-ethyl adjacent to an activating group) is 1. The van der Waals surface area contributed by atoms with E-state index in [4.69, 9.17) is 4.74 Å². The SMILES string of the molecule is CN1CCCC(N2CCN(C(=O)COC(c3ccccc3)c3ccccc3)CC2)C1. The summed E-state index contributed by atoms with van der Waals surface area (Å²) in [6.45, 7) is 5.98. The van der Waals surface area contributed by atoms with Gasteiger partial charge in [-0.25, -0.2) is 0 Å². The Morgan fingerprint density at radius 1 is 0.933 bits per heavy atom. The predicted octanol–water partition coefficient (Wildman–Crippen LogP) is 3.03. The predicted molar refractivity (Wildman–Crippen MR) is 119 cm³/mol. The Labute approximate surface area is 180 Å². The highest BCUT2D eigenvalue weighted by Crippen LogP contribution is 2.26. The molecule has 1 atom stereocenters. The Morgan fingerprint density at radius 2 is 1.53 bits per heavy atom. The van der Waals surface area contributed by atoms with E-state index in [2.05, 4.69) is 41.1 Å². The maximum absolute atomic E-state index is 12.9. The van der Waals surface area contributed by atoms with Crippen molar-refractivity contribution < 1.29 is 9.53 Å². The molecule has 5 heteroatoms. The zero-order valence-corrected chi connectivity index (χ0v) is 18.0. The van der Waals surface area contributed by atoms with E-state index in [1.807, 2.05) is 41.3 Å². The third kappa shape index (κ3) is 5.28. The van der Waals surface area contributed by atoms with Gasteiger partial charge in [-0.15, -0.1) is 0 Å². The maximum Gasteiger partial charge on any atom is 0.248 e. The Bertz CT molecular complexity index is 751. The van der Waals surface area contributed by atoms with Crippen LogP contribution in [0.1, 0.15) is 30.1 Å². The van der Waals surface area contributed by atoms with Crippen LogP contribution in [0.3, 0.4) is 0 Å². The molecule has 0 N–H and O–H groups in total. The first-order valence-corrected chi connectivity index (χ1v) is 11.1. The lowest BCUT2D eigenvalue weighted by atomic mass is 10.0. The van der Waals surface area contributed by atoms with Crippen LogP contribution in [0, 0.1) is 0 Å². The van der Waals surface area contributed by atoms with Gasteiger partial charge < -0.3 is 14.5 Å². The van der Waals surface area contributed by atoms with Crippen molar-refractivity contribution in [1.29, 1.82) is 0 Å². The van der Waals surface area contributed by atoms with Crippen molar-refractivity contribution in [1.82, 2.24) is 14.7 Å². The van der Waals surface area contributed by atoms with E-state index in [1.54, 1.807) is 0 Å². The fraction of sp³-hybridized carbons (Fsp3) is 0.480. The summed E-state index contributed by atoms with van der Waals surface area (Å²) < 4.78 is 6.17. The quantitative estimate of drug-likeness (QED) is 0.738. The molecule has 4 rings (SSSR count). The minimum Gasteiger partial charge on any atom is -0.359 e. The molecule has 5 nitrogen and oxygen atoms in total. The first kappa shape index (κ1) is 21.0. The normalized spacial score (nSPS) is 21.1. The van der Waals surface area contributed by atoms with Crippen LogP contribution in [0.2, 0.25) is 0 Å². The second-order valence-electron chi connectivity index (χ2n) is 8.49. The molecule has 2 heterocycles. The summed E-state index contributed by atoms with van der Waals surface area (Å²) in [4.78, 5) is 19.8. The Kier molecular flexibility index (Phi) is 7.16. The molecule has 0 radical (unpaired) electrons. The van der Waals surface area contributed by atoms with Gasteiger partial charge in [-0.3, -0.25) is 9.69 Å². The van der Waals surface area contributed by atoms with E-state index in [9.17, 15) is 4.79 Å². The van der Waals surface area contributed by atoms with Gasteiger partial charge in [0.2, 0.25) is 5.91 Å². The molecule has 2 aliphatic rings. The molecule has 1 amide bonds. The fourth-order valence-corrected chi connectivity index (χ4v) is 4.66. The summed E-state index contributed by atoms with van der Waals surface area (Å²) in [5.74, 6) is 0.0901.